The first-order valence-corrected chi connectivity index (χ1v) is 8.11. The van der Waals surface area contributed by atoms with Gasteiger partial charge in [-0.25, -0.2) is 0 Å². The molecule has 0 N–H and O–H groups in total. The highest BCUT2D eigenvalue weighted by Crippen LogP contribution is 2.25. The summed E-state index contributed by atoms with van der Waals surface area (Å²) in [6.07, 6.45) is 3.33. The normalized spacial score (nSPS) is 10.8. The van der Waals surface area contributed by atoms with E-state index >= 15 is 0 Å². The maximum Gasteiger partial charge on any atom is 0.246 e. The van der Waals surface area contributed by atoms with E-state index in [2.05, 4.69) is 13.0 Å². The van der Waals surface area contributed by atoms with E-state index in [9.17, 15) is 4.79 Å². The first-order chi connectivity index (χ1) is 11.0. The number of nitrogens with zero attached hydrogens (tertiary/aromatic N) is 1. The van der Waals surface area contributed by atoms with Crippen LogP contribution in [0.1, 0.15) is 16.0 Å². The Kier molecular flexibility index (Phi) is 5.82. The molecular formula is C18H21NO3S. The number of amides is 1. The number of hydrogen-bond donors (Lipinski definition) is 0. The predicted molar refractivity (Wildman–Crippen MR) is 94.1 cm³/mol. The number of rotatable bonds is 6. The molecule has 0 atom stereocenters. The van der Waals surface area contributed by atoms with Crippen LogP contribution < -0.4 is 9.47 Å². The molecule has 0 aliphatic carbocycles. The van der Waals surface area contributed by atoms with Crippen LogP contribution in [0.15, 0.2) is 35.7 Å². The second kappa shape index (κ2) is 7.83. The van der Waals surface area contributed by atoms with E-state index in [1.165, 1.54) is 10.4 Å². The van der Waals surface area contributed by atoms with Crippen LogP contribution in [0.4, 0.5) is 0 Å². The quantitative estimate of drug-likeness (QED) is 0.757. The molecule has 1 aromatic carbocycles. The molecule has 1 heterocycles. The summed E-state index contributed by atoms with van der Waals surface area (Å²) in [6.45, 7) is 2.68. The van der Waals surface area contributed by atoms with Crippen molar-refractivity contribution in [3.8, 4) is 11.5 Å². The lowest BCUT2D eigenvalue weighted by atomic mass is 10.1. The van der Waals surface area contributed by atoms with Gasteiger partial charge in [-0.3, -0.25) is 4.79 Å². The molecule has 0 bridgehead atoms. The number of carbonyl (C=O) groups is 1. The van der Waals surface area contributed by atoms with Gasteiger partial charge in [0, 0.05) is 29.6 Å². The summed E-state index contributed by atoms with van der Waals surface area (Å²) in [4.78, 5) is 15.2. The number of carbonyl (C=O) groups excluding carboxylic acids is 1. The lowest BCUT2D eigenvalue weighted by Gasteiger charge is -2.14. The van der Waals surface area contributed by atoms with Crippen LogP contribution in [0.5, 0.6) is 11.5 Å². The van der Waals surface area contributed by atoms with Crippen LogP contribution >= 0.6 is 11.3 Å². The SMILES string of the molecule is COc1ccc(/C=C/C(=O)N(C)Cc2sccc2C)c(OC)c1. The van der Waals surface area contributed by atoms with Gasteiger partial charge in [0.1, 0.15) is 11.5 Å². The van der Waals surface area contributed by atoms with Crippen LogP contribution in [-0.4, -0.2) is 32.1 Å². The Bertz CT molecular complexity index is 706. The van der Waals surface area contributed by atoms with Gasteiger partial charge in [-0.15, -0.1) is 11.3 Å². The number of ether oxygens (including phenoxy) is 2. The Labute approximate surface area is 141 Å². The minimum Gasteiger partial charge on any atom is -0.497 e. The number of methoxy groups -OCH3 is 2. The van der Waals surface area contributed by atoms with Crippen molar-refractivity contribution in [2.75, 3.05) is 21.3 Å². The fraction of sp³-hybridized carbons (Fsp3) is 0.278. The van der Waals surface area contributed by atoms with Gasteiger partial charge in [0.05, 0.1) is 20.8 Å². The van der Waals surface area contributed by atoms with Crippen molar-refractivity contribution in [2.24, 2.45) is 0 Å². The molecule has 1 aromatic heterocycles. The number of hydrogen-bond acceptors (Lipinski definition) is 4. The zero-order chi connectivity index (χ0) is 16.8. The molecule has 0 fully saturated rings. The molecule has 122 valence electrons. The van der Waals surface area contributed by atoms with Gasteiger partial charge < -0.3 is 14.4 Å². The minimum absolute atomic E-state index is 0.0457. The zero-order valence-corrected chi connectivity index (χ0v) is 14.6. The highest BCUT2D eigenvalue weighted by atomic mass is 32.1. The molecule has 0 saturated heterocycles. The standard InChI is InChI=1S/C18H21NO3S/c1-13-9-10-23-17(13)12-19(2)18(20)8-6-14-5-7-15(21-3)11-16(14)22-4/h5-11H,12H2,1-4H3/b8-6+. The molecule has 5 heteroatoms. The molecule has 0 radical (unpaired) electrons. The van der Waals surface area contributed by atoms with Gasteiger partial charge in [-0.05, 0) is 42.1 Å². The smallest absolute Gasteiger partial charge is 0.246 e. The van der Waals surface area contributed by atoms with E-state index < -0.39 is 0 Å². The van der Waals surface area contributed by atoms with E-state index in [1.54, 1.807) is 55.7 Å². The number of aryl methyl sites for hydroxylation is 1. The summed E-state index contributed by atoms with van der Waals surface area (Å²) in [5, 5.41) is 2.04. The molecule has 0 saturated carbocycles. The Balaban J connectivity index is 2.07. The molecule has 2 rings (SSSR count). The molecule has 0 spiro atoms. The average molecular weight is 331 g/mol. The summed E-state index contributed by atoms with van der Waals surface area (Å²) >= 11 is 1.67. The summed E-state index contributed by atoms with van der Waals surface area (Å²) in [5.74, 6) is 1.34. The van der Waals surface area contributed by atoms with Crippen molar-refractivity contribution < 1.29 is 14.3 Å². The third-order valence-corrected chi connectivity index (χ3v) is 4.58. The van der Waals surface area contributed by atoms with Crippen molar-refractivity contribution in [1.82, 2.24) is 4.90 Å². The third kappa shape index (κ3) is 4.36. The molecule has 23 heavy (non-hydrogen) atoms. The molecule has 0 unspecified atom stereocenters. The third-order valence-electron chi connectivity index (χ3n) is 3.57. The molecule has 0 aliphatic heterocycles. The Hall–Kier alpha value is -2.27. The first kappa shape index (κ1) is 17.1. The average Bonchev–Trinajstić information content (AvgIpc) is 2.97. The van der Waals surface area contributed by atoms with Crippen LogP contribution in [0.25, 0.3) is 6.08 Å². The van der Waals surface area contributed by atoms with Crippen LogP contribution in [-0.2, 0) is 11.3 Å². The monoisotopic (exact) mass is 331 g/mol. The fourth-order valence-corrected chi connectivity index (χ4v) is 3.06. The highest BCUT2D eigenvalue weighted by Gasteiger charge is 2.09. The minimum atomic E-state index is -0.0457. The number of benzene rings is 1. The highest BCUT2D eigenvalue weighted by molar-refractivity contribution is 7.10. The molecule has 2 aromatic rings. The van der Waals surface area contributed by atoms with Crippen molar-refractivity contribution in [3.05, 3.63) is 51.7 Å². The Morgan fingerprint density at radius 2 is 2.04 bits per heavy atom. The second-order valence-corrected chi connectivity index (χ2v) is 6.16. The van der Waals surface area contributed by atoms with Gasteiger partial charge in [-0.1, -0.05) is 0 Å². The molecule has 1 amide bonds. The maximum atomic E-state index is 12.3. The second-order valence-electron chi connectivity index (χ2n) is 5.16. The molecule has 4 nitrogen and oxygen atoms in total. The summed E-state index contributed by atoms with van der Waals surface area (Å²) < 4.78 is 10.5. The van der Waals surface area contributed by atoms with E-state index in [1.807, 2.05) is 17.5 Å². The Morgan fingerprint density at radius 3 is 2.65 bits per heavy atom. The van der Waals surface area contributed by atoms with Crippen LogP contribution in [0, 0.1) is 6.92 Å². The Morgan fingerprint density at radius 1 is 1.26 bits per heavy atom. The van der Waals surface area contributed by atoms with E-state index in [0.717, 1.165) is 11.3 Å². The lowest BCUT2D eigenvalue weighted by molar-refractivity contribution is -0.125. The topological polar surface area (TPSA) is 38.8 Å². The lowest BCUT2D eigenvalue weighted by Crippen LogP contribution is -2.23. The van der Waals surface area contributed by atoms with Crippen molar-refractivity contribution in [2.45, 2.75) is 13.5 Å². The van der Waals surface area contributed by atoms with Gasteiger partial charge in [0.2, 0.25) is 5.91 Å². The van der Waals surface area contributed by atoms with Crippen molar-refractivity contribution >= 4 is 23.3 Å². The van der Waals surface area contributed by atoms with Crippen molar-refractivity contribution in [3.63, 3.8) is 0 Å². The van der Waals surface area contributed by atoms with Crippen LogP contribution in [0.2, 0.25) is 0 Å². The van der Waals surface area contributed by atoms with Crippen LogP contribution in [0.3, 0.4) is 0 Å². The number of likely N-dealkylation sites (N-methyl/N-ethyl adjacent to an activating group) is 1. The fourth-order valence-electron chi connectivity index (χ4n) is 2.10. The molecular weight excluding hydrogens is 310 g/mol. The maximum absolute atomic E-state index is 12.3. The van der Waals surface area contributed by atoms with Crippen molar-refractivity contribution in [1.29, 1.82) is 0 Å². The van der Waals surface area contributed by atoms with Gasteiger partial charge in [-0.2, -0.15) is 0 Å². The van der Waals surface area contributed by atoms with E-state index in [4.69, 9.17) is 9.47 Å². The van der Waals surface area contributed by atoms with Gasteiger partial charge >= 0.3 is 0 Å². The van der Waals surface area contributed by atoms with Gasteiger partial charge in [0.15, 0.2) is 0 Å². The first-order valence-electron chi connectivity index (χ1n) is 7.23. The zero-order valence-electron chi connectivity index (χ0n) is 13.8. The summed E-state index contributed by atoms with van der Waals surface area (Å²) in [7, 11) is 5.01. The largest absolute Gasteiger partial charge is 0.497 e. The summed E-state index contributed by atoms with van der Waals surface area (Å²) in [6, 6.07) is 7.56. The van der Waals surface area contributed by atoms with Gasteiger partial charge in [0.25, 0.3) is 0 Å². The number of thiophene rings is 1. The predicted octanol–water partition coefficient (Wildman–Crippen LogP) is 3.75. The van der Waals surface area contributed by atoms with E-state index in [-0.39, 0.29) is 5.91 Å². The van der Waals surface area contributed by atoms with E-state index in [0.29, 0.717) is 12.3 Å². The molecule has 0 aliphatic rings. The summed E-state index contributed by atoms with van der Waals surface area (Å²) in [5.41, 5.74) is 2.05.